The summed E-state index contributed by atoms with van der Waals surface area (Å²) in [6.45, 7) is -0.597. The fourth-order valence-electron chi connectivity index (χ4n) is 1.68. The summed E-state index contributed by atoms with van der Waals surface area (Å²) in [6, 6.07) is 2.93. The molecule has 2 rings (SSSR count). The van der Waals surface area contributed by atoms with Crippen LogP contribution in [0.5, 0.6) is 0 Å². The van der Waals surface area contributed by atoms with Crippen LogP contribution in [0.15, 0.2) is 24.9 Å². The maximum atomic E-state index is 12.6. The fourth-order valence-corrected chi connectivity index (χ4v) is 4.76. The number of thiophene rings is 1. The molecular weight excluding hydrogens is 425 g/mol. The van der Waals surface area contributed by atoms with Crippen LogP contribution < -0.4 is 10.4 Å². The first kappa shape index (κ1) is 18.2. The van der Waals surface area contributed by atoms with E-state index in [0.717, 1.165) is 18.4 Å². The second-order valence-electron chi connectivity index (χ2n) is 4.34. The van der Waals surface area contributed by atoms with Crippen LogP contribution >= 0.6 is 27.3 Å². The summed E-state index contributed by atoms with van der Waals surface area (Å²) in [6.07, 6.45) is -4.76. The van der Waals surface area contributed by atoms with Gasteiger partial charge in [0.25, 0.3) is 0 Å². The van der Waals surface area contributed by atoms with Crippen molar-refractivity contribution in [3.63, 3.8) is 0 Å². The minimum atomic E-state index is -4.76. The van der Waals surface area contributed by atoms with E-state index in [0.29, 0.717) is 13.0 Å². The molecule has 0 aliphatic rings. The fraction of sp³-hybridized carbons (Fsp3) is 0.400. The topological polar surface area (TPSA) is 86.0 Å². The van der Waals surface area contributed by atoms with Crippen LogP contribution in [0.2, 0.25) is 0 Å². The van der Waals surface area contributed by atoms with E-state index in [4.69, 9.17) is 0 Å². The Morgan fingerprint density at radius 3 is 2.52 bits per heavy atom. The number of hydrogen-bond donors (Lipinski definition) is 1. The summed E-state index contributed by atoms with van der Waals surface area (Å²) in [7, 11) is -2.84. The standard InChI is InChI=1S/C10H10BrF3N4O3S2/c1-17-8(10(12,13)14)16-18(9(17)19)5-4-15-23(20,21)7-3-2-6(11)22-7/h2-3,15H,4-5H2,1H3. The highest BCUT2D eigenvalue weighted by Crippen LogP contribution is 2.26. The molecule has 13 heteroatoms. The molecule has 0 amide bonds. The van der Waals surface area contributed by atoms with Gasteiger partial charge in [0.1, 0.15) is 4.21 Å². The molecule has 0 atom stereocenters. The van der Waals surface area contributed by atoms with Crippen molar-refractivity contribution in [3.05, 3.63) is 32.2 Å². The molecule has 0 saturated carbocycles. The Kier molecular flexibility index (Phi) is 5.03. The highest BCUT2D eigenvalue weighted by molar-refractivity contribution is 9.11. The van der Waals surface area contributed by atoms with E-state index in [1.165, 1.54) is 6.07 Å². The normalized spacial score (nSPS) is 12.7. The molecule has 2 aromatic heterocycles. The SMILES string of the molecule is Cn1c(C(F)(F)F)nn(CCNS(=O)(=O)c2ccc(Br)s2)c1=O. The maximum absolute atomic E-state index is 12.6. The number of nitrogens with zero attached hydrogens (tertiary/aromatic N) is 3. The largest absolute Gasteiger partial charge is 0.451 e. The Bertz CT molecular complexity index is 869. The van der Waals surface area contributed by atoms with Gasteiger partial charge in [-0.3, -0.25) is 4.57 Å². The summed E-state index contributed by atoms with van der Waals surface area (Å²) in [4.78, 5) is 11.6. The van der Waals surface area contributed by atoms with E-state index < -0.39 is 27.7 Å². The van der Waals surface area contributed by atoms with Crippen LogP contribution in [0.1, 0.15) is 5.82 Å². The number of halogens is 4. The van der Waals surface area contributed by atoms with Crippen molar-refractivity contribution < 1.29 is 21.6 Å². The highest BCUT2D eigenvalue weighted by atomic mass is 79.9. The predicted molar refractivity (Wildman–Crippen MR) is 79.7 cm³/mol. The van der Waals surface area contributed by atoms with Gasteiger partial charge in [-0.25, -0.2) is 22.6 Å². The number of rotatable bonds is 5. The zero-order valence-electron chi connectivity index (χ0n) is 11.5. The molecule has 1 N–H and O–H groups in total. The molecule has 0 unspecified atom stereocenters. The summed E-state index contributed by atoms with van der Waals surface area (Å²) >= 11 is 4.11. The molecule has 0 bridgehead atoms. The van der Waals surface area contributed by atoms with Crippen LogP contribution in [-0.2, 0) is 29.8 Å². The predicted octanol–water partition coefficient (Wildman–Crippen LogP) is 1.40. The summed E-state index contributed by atoms with van der Waals surface area (Å²) in [5, 5.41) is 3.18. The van der Waals surface area contributed by atoms with Gasteiger partial charge >= 0.3 is 11.9 Å². The molecule has 0 fully saturated rings. The average molecular weight is 435 g/mol. The van der Waals surface area contributed by atoms with Gasteiger partial charge in [0.05, 0.1) is 10.3 Å². The molecule has 0 aromatic carbocycles. The van der Waals surface area contributed by atoms with Crippen LogP contribution in [0, 0.1) is 0 Å². The third-order valence-electron chi connectivity index (χ3n) is 2.72. The van der Waals surface area contributed by atoms with Gasteiger partial charge in [-0.05, 0) is 28.1 Å². The van der Waals surface area contributed by atoms with Crippen molar-refractivity contribution in [1.82, 2.24) is 19.1 Å². The molecule has 2 aromatic rings. The lowest BCUT2D eigenvalue weighted by atomic mass is 10.6. The van der Waals surface area contributed by atoms with Gasteiger partial charge in [-0.15, -0.1) is 16.4 Å². The molecule has 0 radical (unpaired) electrons. The third-order valence-corrected chi connectivity index (χ3v) is 6.30. The molecule has 0 aliphatic carbocycles. The Morgan fingerprint density at radius 2 is 2.04 bits per heavy atom. The van der Waals surface area contributed by atoms with Crippen molar-refractivity contribution in [1.29, 1.82) is 0 Å². The summed E-state index contributed by atoms with van der Waals surface area (Å²) < 4.78 is 65.6. The van der Waals surface area contributed by atoms with Crippen molar-refractivity contribution in [2.45, 2.75) is 16.9 Å². The lowest BCUT2D eigenvalue weighted by molar-refractivity contribution is -0.147. The van der Waals surface area contributed by atoms with E-state index in [9.17, 15) is 26.4 Å². The molecule has 23 heavy (non-hydrogen) atoms. The first-order chi connectivity index (χ1) is 10.5. The number of nitrogens with one attached hydrogen (secondary N) is 1. The smallest absolute Gasteiger partial charge is 0.274 e. The number of alkyl halides is 3. The van der Waals surface area contributed by atoms with Gasteiger partial charge < -0.3 is 0 Å². The molecule has 7 nitrogen and oxygen atoms in total. The molecule has 128 valence electrons. The van der Waals surface area contributed by atoms with E-state index in [1.54, 1.807) is 6.07 Å². The first-order valence-electron chi connectivity index (χ1n) is 5.98. The maximum Gasteiger partial charge on any atom is 0.451 e. The van der Waals surface area contributed by atoms with E-state index in [-0.39, 0.29) is 17.3 Å². The van der Waals surface area contributed by atoms with E-state index in [2.05, 4.69) is 25.8 Å². The van der Waals surface area contributed by atoms with Crippen molar-refractivity contribution >= 4 is 37.3 Å². The number of sulfonamides is 1. The number of aromatic nitrogens is 3. The van der Waals surface area contributed by atoms with Crippen molar-refractivity contribution in [2.24, 2.45) is 7.05 Å². The molecule has 0 aliphatic heterocycles. The zero-order valence-corrected chi connectivity index (χ0v) is 14.7. The van der Waals surface area contributed by atoms with E-state index in [1.807, 2.05) is 0 Å². The lowest BCUT2D eigenvalue weighted by Crippen LogP contribution is -2.31. The lowest BCUT2D eigenvalue weighted by Gasteiger charge is -2.04. The van der Waals surface area contributed by atoms with Crippen LogP contribution in [0.25, 0.3) is 0 Å². The Hall–Kier alpha value is -1.18. The van der Waals surface area contributed by atoms with Crippen LogP contribution in [0.3, 0.4) is 0 Å². The Labute approximate surface area is 140 Å². The average Bonchev–Trinajstić information content (AvgIpc) is 2.97. The Morgan fingerprint density at radius 1 is 1.39 bits per heavy atom. The third kappa shape index (κ3) is 4.02. The first-order valence-corrected chi connectivity index (χ1v) is 9.07. The van der Waals surface area contributed by atoms with Crippen molar-refractivity contribution in [2.75, 3.05) is 6.54 Å². The summed E-state index contributed by atoms with van der Waals surface area (Å²) in [5.41, 5.74) is -0.976. The van der Waals surface area contributed by atoms with Crippen LogP contribution in [0.4, 0.5) is 13.2 Å². The van der Waals surface area contributed by atoms with Gasteiger partial charge in [-0.1, -0.05) is 0 Å². The number of hydrogen-bond acceptors (Lipinski definition) is 5. The monoisotopic (exact) mass is 434 g/mol. The minimum Gasteiger partial charge on any atom is -0.274 e. The highest BCUT2D eigenvalue weighted by Gasteiger charge is 2.37. The quantitative estimate of drug-likeness (QED) is 0.770. The zero-order chi connectivity index (χ0) is 17.4. The minimum absolute atomic E-state index is 0.0497. The Balaban J connectivity index is 2.09. The van der Waals surface area contributed by atoms with Gasteiger partial charge in [0.15, 0.2) is 0 Å². The molecule has 0 saturated heterocycles. The molecule has 0 spiro atoms. The van der Waals surface area contributed by atoms with Crippen LogP contribution in [-0.4, -0.2) is 29.3 Å². The van der Waals surface area contributed by atoms with Gasteiger partial charge in [0.2, 0.25) is 15.8 Å². The second kappa shape index (κ2) is 6.37. The van der Waals surface area contributed by atoms with E-state index >= 15 is 0 Å². The summed E-state index contributed by atoms with van der Waals surface area (Å²) in [5.74, 6) is -1.34. The molecular formula is C10H10BrF3N4O3S2. The molecule has 2 heterocycles. The van der Waals surface area contributed by atoms with Gasteiger partial charge in [0, 0.05) is 13.6 Å². The van der Waals surface area contributed by atoms with Crippen molar-refractivity contribution in [3.8, 4) is 0 Å². The van der Waals surface area contributed by atoms with Gasteiger partial charge in [-0.2, -0.15) is 13.2 Å². The second-order valence-corrected chi connectivity index (χ2v) is 8.80.